The van der Waals surface area contributed by atoms with Crippen LogP contribution >= 0.6 is 23.4 Å². The van der Waals surface area contributed by atoms with E-state index >= 15 is 0 Å². The van der Waals surface area contributed by atoms with Crippen LogP contribution in [0.2, 0.25) is 5.02 Å². The van der Waals surface area contributed by atoms with E-state index in [-0.39, 0.29) is 23.1 Å². The predicted molar refractivity (Wildman–Crippen MR) is 128 cm³/mol. The predicted octanol–water partition coefficient (Wildman–Crippen LogP) is 4.13. The Morgan fingerprint density at radius 2 is 1.91 bits per heavy atom. The van der Waals surface area contributed by atoms with Crippen molar-refractivity contribution in [2.75, 3.05) is 20.0 Å². The van der Waals surface area contributed by atoms with Gasteiger partial charge in [0.1, 0.15) is 0 Å². The van der Waals surface area contributed by atoms with Crippen LogP contribution in [0.15, 0.2) is 46.3 Å². The Balaban J connectivity index is 1.73. The Hall–Kier alpha value is -2.71. The molecular formula is C23H26ClN3O4S. The molecule has 0 spiro atoms. The fraction of sp³-hybridized carbons (Fsp3) is 0.348. The topological polar surface area (TPSA) is 82.5 Å². The number of aromatic nitrogens is 2. The van der Waals surface area contributed by atoms with Crippen molar-refractivity contribution in [1.82, 2.24) is 14.9 Å². The van der Waals surface area contributed by atoms with Crippen molar-refractivity contribution < 1.29 is 14.3 Å². The third kappa shape index (κ3) is 5.75. The van der Waals surface area contributed by atoms with Crippen LogP contribution in [0.3, 0.4) is 0 Å². The lowest BCUT2D eigenvalue weighted by atomic mass is 10.2. The first kappa shape index (κ1) is 23.9. The monoisotopic (exact) mass is 475 g/mol. The van der Waals surface area contributed by atoms with Crippen LogP contribution in [0.25, 0.3) is 10.9 Å². The molecule has 1 N–H and O–H groups in total. The standard InChI is InChI=1S/C23H26ClN3O4S/c1-14(2)12-27-22(29)17-10-16(24)6-7-18(17)26-23(27)32-13-21(28)25-11-15-5-8-19(30-3)20(9-15)31-4/h5-10,14H,11-13H2,1-4H3,(H,25,28). The van der Waals surface area contributed by atoms with E-state index in [4.69, 9.17) is 21.1 Å². The van der Waals surface area contributed by atoms with E-state index in [0.29, 0.717) is 45.7 Å². The van der Waals surface area contributed by atoms with Crippen LogP contribution in [0.5, 0.6) is 11.5 Å². The molecule has 0 aliphatic heterocycles. The molecule has 170 valence electrons. The second kappa shape index (κ2) is 10.7. The second-order valence-electron chi connectivity index (χ2n) is 7.62. The maximum Gasteiger partial charge on any atom is 0.262 e. The Morgan fingerprint density at radius 1 is 1.16 bits per heavy atom. The van der Waals surface area contributed by atoms with Gasteiger partial charge in [-0.1, -0.05) is 43.3 Å². The molecule has 0 unspecified atom stereocenters. The summed E-state index contributed by atoms with van der Waals surface area (Å²) in [4.78, 5) is 30.1. The minimum Gasteiger partial charge on any atom is -0.493 e. The second-order valence-corrected chi connectivity index (χ2v) is 9.00. The first-order chi connectivity index (χ1) is 15.3. The number of halogens is 1. The molecule has 0 fully saturated rings. The number of rotatable bonds is 9. The number of carbonyl (C=O) groups excluding carboxylic acids is 1. The van der Waals surface area contributed by atoms with Crippen LogP contribution in [0.4, 0.5) is 0 Å². The van der Waals surface area contributed by atoms with Gasteiger partial charge in [-0.15, -0.1) is 0 Å². The maximum absolute atomic E-state index is 13.0. The van der Waals surface area contributed by atoms with Gasteiger partial charge in [0.2, 0.25) is 5.91 Å². The summed E-state index contributed by atoms with van der Waals surface area (Å²) in [5, 5.41) is 4.36. The zero-order valence-electron chi connectivity index (χ0n) is 18.5. The van der Waals surface area contributed by atoms with E-state index in [1.54, 1.807) is 43.1 Å². The van der Waals surface area contributed by atoms with Crippen molar-refractivity contribution in [2.45, 2.75) is 32.1 Å². The molecule has 3 rings (SSSR count). The summed E-state index contributed by atoms with van der Waals surface area (Å²) in [7, 11) is 3.14. The molecule has 7 nitrogen and oxygen atoms in total. The lowest BCUT2D eigenvalue weighted by molar-refractivity contribution is -0.118. The van der Waals surface area contributed by atoms with Gasteiger partial charge in [0, 0.05) is 18.1 Å². The summed E-state index contributed by atoms with van der Waals surface area (Å²) in [5.41, 5.74) is 1.30. The third-order valence-electron chi connectivity index (χ3n) is 4.70. The van der Waals surface area contributed by atoms with Crippen molar-refractivity contribution in [3.63, 3.8) is 0 Å². The normalized spacial score (nSPS) is 11.1. The number of benzene rings is 2. The summed E-state index contributed by atoms with van der Waals surface area (Å²) in [6.07, 6.45) is 0. The third-order valence-corrected chi connectivity index (χ3v) is 5.91. The first-order valence-corrected chi connectivity index (χ1v) is 11.5. The zero-order chi connectivity index (χ0) is 23.3. The van der Waals surface area contributed by atoms with E-state index in [1.165, 1.54) is 11.8 Å². The smallest absolute Gasteiger partial charge is 0.262 e. The SMILES string of the molecule is COc1ccc(CNC(=O)CSc2nc3ccc(Cl)cc3c(=O)n2CC(C)C)cc1OC. The minimum absolute atomic E-state index is 0.136. The van der Waals surface area contributed by atoms with E-state index in [2.05, 4.69) is 10.3 Å². The highest BCUT2D eigenvalue weighted by Crippen LogP contribution is 2.27. The highest BCUT2D eigenvalue weighted by molar-refractivity contribution is 7.99. The number of nitrogens with zero attached hydrogens (tertiary/aromatic N) is 2. The average molecular weight is 476 g/mol. The number of amides is 1. The Bertz CT molecular complexity index is 1180. The van der Waals surface area contributed by atoms with Gasteiger partial charge in [-0.05, 0) is 41.8 Å². The van der Waals surface area contributed by atoms with Crippen molar-refractivity contribution in [2.24, 2.45) is 5.92 Å². The van der Waals surface area contributed by atoms with E-state index in [1.807, 2.05) is 26.0 Å². The Morgan fingerprint density at radius 3 is 2.59 bits per heavy atom. The molecule has 32 heavy (non-hydrogen) atoms. The molecule has 0 saturated carbocycles. The number of nitrogens with one attached hydrogen (secondary N) is 1. The van der Waals surface area contributed by atoms with Gasteiger partial charge in [-0.25, -0.2) is 4.98 Å². The minimum atomic E-state index is -0.161. The van der Waals surface area contributed by atoms with Gasteiger partial charge < -0.3 is 14.8 Å². The van der Waals surface area contributed by atoms with Crippen LogP contribution < -0.4 is 20.3 Å². The number of ether oxygens (including phenoxy) is 2. The molecule has 0 saturated heterocycles. The number of carbonyl (C=O) groups is 1. The fourth-order valence-electron chi connectivity index (χ4n) is 3.18. The molecule has 0 aliphatic rings. The lowest BCUT2D eigenvalue weighted by Crippen LogP contribution is -2.27. The number of hydrogen-bond acceptors (Lipinski definition) is 6. The molecule has 1 aromatic heterocycles. The van der Waals surface area contributed by atoms with E-state index in [9.17, 15) is 9.59 Å². The summed E-state index contributed by atoms with van der Waals surface area (Å²) < 4.78 is 12.1. The summed E-state index contributed by atoms with van der Waals surface area (Å²) >= 11 is 7.30. The van der Waals surface area contributed by atoms with Crippen molar-refractivity contribution >= 4 is 40.2 Å². The van der Waals surface area contributed by atoms with Crippen LogP contribution in [-0.2, 0) is 17.9 Å². The molecule has 0 radical (unpaired) electrons. The van der Waals surface area contributed by atoms with Crippen molar-refractivity contribution in [1.29, 1.82) is 0 Å². The zero-order valence-corrected chi connectivity index (χ0v) is 20.0. The van der Waals surface area contributed by atoms with Gasteiger partial charge in [-0.2, -0.15) is 0 Å². The highest BCUT2D eigenvalue weighted by Gasteiger charge is 2.15. The van der Waals surface area contributed by atoms with Gasteiger partial charge in [-0.3, -0.25) is 14.2 Å². The molecule has 1 heterocycles. The number of fused-ring (bicyclic) bond motifs is 1. The number of hydrogen-bond donors (Lipinski definition) is 1. The molecule has 0 atom stereocenters. The molecule has 2 aromatic carbocycles. The van der Waals surface area contributed by atoms with Gasteiger partial charge >= 0.3 is 0 Å². The molecule has 0 bridgehead atoms. The summed E-state index contributed by atoms with van der Waals surface area (Å²) in [6.45, 7) is 4.91. The van der Waals surface area contributed by atoms with Gasteiger partial charge in [0.15, 0.2) is 16.7 Å². The molecule has 1 amide bonds. The quantitative estimate of drug-likeness (QED) is 0.370. The summed E-state index contributed by atoms with van der Waals surface area (Å²) in [6, 6.07) is 10.5. The number of methoxy groups -OCH3 is 2. The van der Waals surface area contributed by atoms with Gasteiger partial charge in [0.25, 0.3) is 5.56 Å². The summed E-state index contributed by atoms with van der Waals surface area (Å²) in [5.74, 6) is 1.45. The van der Waals surface area contributed by atoms with Crippen LogP contribution in [0, 0.1) is 5.92 Å². The average Bonchev–Trinajstić information content (AvgIpc) is 2.78. The maximum atomic E-state index is 13.0. The lowest BCUT2D eigenvalue weighted by Gasteiger charge is -2.15. The molecular weight excluding hydrogens is 450 g/mol. The van der Waals surface area contributed by atoms with Gasteiger partial charge in [0.05, 0.1) is 30.9 Å². The van der Waals surface area contributed by atoms with E-state index < -0.39 is 0 Å². The van der Waals surface area contributed by atoms with Crippen molar-refractivity contribution in [3.05, 3.63) is 57.3 Å². The number of thioether (sulfide) groups is 1. The molecule has 0 aliphatic carbocycles. The largest absolute Gasteiger partial charge is 0.493 e. The Kier molecular flexibility index (Phi) is 8.04. The van der Waals surface area contributed by atoms with Crippen molar-refractivity contribution in [3.8, 4) is 11.5 Å². The fourth-order valence-corrected chi connectivity index (χ4v) is 4.19. The highest BCUT2D eigenvalue weighted by atomic mass is 35.5. The Labute approximate surface area is 196 Å². The van der Waals surface area contributed by atoms with Crippen LogP contribution in [0.1, 0.15) is 19.4 Å². The first-order valence-electron chi connectivity index (χ1n) is 10.1. The molecule has 9 heteroatoms. The van der Waals surface area contributed by atoms with E-state index in [0.717, 1.165) is 5.56 Å². The van der Waals surface area contributed by atoms with Crippen LogP contribution in [-0.4, -0.2) is 35.4 Å². The molecule has 3 aromatic rings.